The van der Waals surface area contributed by atoms with Gasteiger partial charge in [-0.2, -0.15) is 5.10 Å². The van der Waals surface area contributed by atoms with Crippen LogP contribution in [0.1, 0.15) is 24.3 Å². The van der Waals surface area contributed by atoms with Gasteiger partial charge in [-0.05, 0) is 29.8 Å². The topological polar surface area (TPSA) is 59.4 Å². The molecule has 0 unspecified atom stereocenters. The molecular formula is C20H26ClFN4O2. The van der Waals surface area contributed by atoms with Gasteiger partial charge in [0.25, 0.3) is 0 Å². The minimum Gasteiger partial charge on any atom is -0.490 e. The number of benzene rings is 1. The molecule has 2 aliphatic rings. The van der Waals surface area contributed by atoms with E-state index in [2.05, 4.69) is 10.4 Å². The van der Waals surface area contributed by atoms with Crippen LogP contribution in [-0.2, 0) is 11.8 Å². The first-order valence-electron chi connectivity index (χ1n) is 9.50. The standard InChI is InChI=1S/C20H25FN4O2.ClH/c1-24-13-14(10-23-24)18-11-22-12-19(18)20(26)25-8-6-17(7-9-25)27-16-4-2-15(21)3-5-16;/h2-5,10,13,17-19,22H,6-9,11-12H2,1H3;1H/t18-,19+;/m1./s1. The van der Waals surface area contributed by atoms with Gasteiger partial charge in [0.1, 0.15) is 17.7 Å². The fourth-order valence-corrected chi connectivity index (χ4v) is 4.05. The number of halogens is 2. The highest BCUT2D eigenvalue weighted by Crippen LogP contribution is 2.30. The van der Waals surface area contributed by atoms with Crippen LogP contribution in [0.3, 0.4) is 0 Å². The van der Waals surface area contributed by atoms with Crippen LogP contribution >= 0.6 is 12.4 Å². The molecule has 2 atom stereocenters. The molecule has 0 bridgehead atoms. The number of hydrogen-bond acceptors (Lipinski definition) is 4. The average molecular weight is 409 g/mol. The number of aromatic nitrogens is 2. The second kappa shape index (κ2) is 8.92. The maximum Gasteiger partial charge on any atom is 0.227 e. The van der Waals surface area contributed by atoms with Crippen molar-refractivity contribution in [3.8, 4) is 5.75 Å². The molecule has 1 aromatic heterocycles. The van der Waals surface area contributed by atoms with Crippen molar-refractivity contribution in [3.05, 3.63) is 48.0 Å². The van der Waals surface area contributed by atoms with E-state index in [9.17, 15) is 9.18 Å². The zero-order valence-corrected chi connectivity index (χ0v) is 16.7. The Morgan fingerprint density at radius 3 is 2.57 bits per heavy atom. The smallest absolute Gasteiger partial charge is 0.227 e. The van der Waals surface area contributed by atoms with E-state index >= 15 is 0 Å². The first kappa shape index (κ1) is 20.6. The molecular weight excluding hydrogens is 383 g/mol. The number of rotatable bonds is 4. The number of nitrogens with one attached hydrogen (secondary N) is 1. The number of piperidine rings is 1. The van der Waals surface area contributed by atoms with Crippen molar-refractivity contribution < 1.29 is 13.9 Å². The second-order valence-corrected chi connectivity index (χ2v) is 7.41. The molecule has 8 heteroatoms. The molecule has 2 saturated heterocycles. The monoisotopic (exact) mass is 408 g/mol. The summed E-state index contributed by atoms with van der Waals surface area (Å²) in [6, 6.07) is 6.10. The number of carbonyl (C=O) groups excluding carboxylic acids is 1. The minimum atomic E-state index is -0.267. The summed E-state index contributed by atoms with van der Waals surface area (Å²) in [7, 11) is 1.90. The van der Waals surface area contributed by atoms with Gasteiger partial charge in [0, 0.05) is 58.2 Å². The normalized spacial score (nSPS) is 22.7. The lowest BCUT2D eigenvalue weighted by molar-refractivity contribution is -0.137. The van der Waals surface area contributed by atoms with Gasteiger partial charge in [-0.15, -0.1) is 12.4 Å². The van der Waals surface area contributed by atoms with E-state index in [0.29, 0.717) is 25.4 Å². The van der Waals surface area contributed by atoms with Gasteiger partial charge >= 0.3 is 0 Å². The lowest BCUT2D eigenvalue weighted by Crippen LogP contribution is -2.45. The lowest BCUT2D eigenvalue weighted by atomic mass is 9.89. The van der Waals surface area contributed by atoms with Crippen LogP contribution < -0.4 is 10.1 Å². The average Bonchev–Trinajstić information content (AvgIpc) is 3.32. The minimum absolute atomic E-state index is 0. The Bertz CT molecular complexity index is 790. The molecule has 2 fully saturated rings. The van der Waals surface area contributed by atoms with Crippen molar-refractivity contribution in [3.63, 3.8) is 0 Å². The van der Waals surface area contributed by atoms with Crippen LogP contribution in [0.5, 0.6) is 5.75 Å². The van der Waals surface area contributed by atoms with Gasteiger partial charge in [0.15, 0.2) is 0 Å². The predicted octanol–water partition coefficient (Wildman–Crippen LogP) is 2.35. The van der Waals surface area contributed by atoms with E-state index in [1.807, 2.05) is 24.3 Å². The Labute approximate surface area is 170 Å². The van der Waals surface area contributed by atoms with E-state index in [-0.39, 0.29) is 42.1 Å². The number of ether oxygens (including phenoxy) is 1. The Morgan fingerprint density at radius 1 is 1.21 bits per heavy atom. The number of amides is 1. The maximum absolute atomic E-state index is 13.1. The summed E-state index contributed by atoms with van der Waals surface area (Å²) in [5, 5.41) is 7.60. The van der Waals surface area contributed by atoms with Gasteiger partial charge in [-0.1, -0.05) is 0 Å². The summed E-state index contributed by atoms with van der Waals surface area (Å²) in [6.45, 7) is 2.92. The third kappa shape index (κ3) is 4.47. The van der Waals surface area contributed by atoms with Crippen LogP contribution in [0.25, 0.3) is 0 Å². The molecule has 0 radical (unpaired) electrons. The maximum atomic E-state index is 13.1. The molecule has 2 aliphatic heterocycles. The summed E-state index contributed by atoms with van der Waals surface area (Å²) in [5.41, 5.74) is 1.12. The number of aryl methyl sites for hydroxylation is 1. The highest BCUT2D eigenvalue weighted by Gasteiger charge is 2.38. The molecule has 0 spiro atoms. The summed E-state index contributed by atoms with van der Waals surface area (Å²) in [5.74, 6) is 0.770. The summed E-state index contributed by atoms with van der Waals surface area (Å²) >= 11 is 0. The van der Waals surface area contributed by atoms with E-state index in [1.54, 1.807) is 16.8 Å². The van der Waals surface area contributed by atoms with Crippen molar-refractivity contribution in [2.45, 2.75) is 24.9 Å². The van der Waals surface area contributed by atoms with Gasteiger partial charge < -0.3 is 15.0 Å². The summed E-state index contributed by atoms with van der Waals surface area (Å²) in [4.78, 5) is 15.0. The molecule has 1 amide bonds. The molecule has 4 rings (SSSR count). The SMILES string of the molecule is Cl.Cn1cc([C@H]2CNC[C@@H]2C(=O)N2CCC(Oc3ccc(F)cc3)CC2)cn1. The van der Waals surface area contributed by atoms with Crippen LogP contribution in [-0.4, -0.2) is 52.9 Å². The zero-order chi connectivity index (χ0) is 18.8. The first-order chi connectivity index (χ1) is 13.1. The number of carbonyl (C=O) groups is 1. The molecule has 0 saturated carbocycles. The largest absolute Gasteiger partial charge is 0.490 e. The molecule has 0 aliphatic carbocycles. The molecule has 6 nitrogen and oxygen atoms in total. The summed E-state index contributed by atoms with van der Waals surface area (Å²) < 4.78 is 20.7. The van der Waals surface area contributed by atoms with Crippen molar-refractivity contribution in [1.82, 2.24) is 20.0 Å². The molecule has 28 heavy (non-hydrogen) atoms. The third-order valence-electron chi connectivity index (χ3n) is 5.55. The Morgan fingerprint density at radius 2 is 1.93 bits per heavy atom. The molecule has 152 valence electrons. The van der Waals surface area contributed by atoms with Crippen molar-refractivity contribution in [2.24, 2.45) is 13.0 Å². The Balaban J connectivity index is 0.00000225. The highest BCUT2D eigenvalue weighted by molar-refractivity contribution is 5.85. The van der Waals surface area contributed by atoms with Gasteiger partial charge in [-0.3, -0.25) is 9.48 Å². The third-order valence-corrected chi connectivity index (χ3v) is 5.55. The molecule has 3 heterocycles. The number of hydrogen-bond donors (Lipinski definition) is 1. The van der Waals surface area contributed by atoms with Crippen molar-refractivity contribution >= 4 is 18.3 Å². The van der Waals surface area contributed by atoms with Crippen molar-refractivity contribution in [2.75, 3.05) is 26.2 Å². The van der Waals surface area contributed by atoms with Gasteiger partial charge in [0.2, 0.25) is 5.91 Å². The quantitative estimate of drug-likeness (QED) is 0.843. The zero-order valence-electron chi connectivity index (χ0n) is 15.9. The summed E-state index contributed by atoms with van der Waals surface area (Å²) in [6.07, 6.45) is 5.51. The fourth-order valence-electron chi connectivity index (χ4n) is 4.05. The van der Waals surface area contributed by atoms with E-state index in [0.717, 1.165) is 24.9 Å². The fraction of sp³-hybridized carbons (Fsp3) is 0.500. The predicted molar refractivity (Wildman–Crippen MR) is 106 cm³/mol. The Hall–Kier alpha value is -2.12. The first-order valence-corrected chi connectivity index (χ1v) is 9.50. The van der Waals surface area contributed by atoms with Crippen LogP contribution in [0.2, 0.25) is 0 Å². The molecule has 1 aromatic carbocycles. The van der Waals surface area contributed by atoms with Gasteiger partial charge in [-0.25, -0.2) is 4.39 Å². The van der Waals surface area contributed by atoms with E-state index < -0.39 is 0 Å². The Kier molecular flexibility index (Phi) is 6.57. The van der Waals surface area contributed by atoms with Crippen LogP contribution in [0, 0.1) is 11.7 Å². The van der Waals surface area contributed by atoms with Crippen LogP contribution in [0.15, 0.2) is 36.7 Å². The lowest BCUT2D eigenvalue weighted by Gasteiger charge is -2.34. The van der Waals surface area contributed by atoms with Crippen molar-refractivity contribution in [1.29, 1.82) is 0 Å². The molecule has 1 N–H and O–H groups in total. The second-order valence-electron chi connectivity index (χ2n) is 7.41. The van der Waals surface area contributed by atoms with Gasteiger partial charge in [0.05, 0.1) is 12.1 Å². The van der Waals surface area contributed by atoms with E-state index in [1.165, 1.54) is 12.1 Å². The number of likely N-dealkylation sites (tertiary alicyclic amines) is 1. The van der Waals surface area contributed by atoms with Crippen LogP contribution in [0.4, 0.5) is 4.39 Å². The highest BCUT2D eigenvalue weighted by atomic mass is 35.5. The van der Waals surface area contributed by atoms with E-state index in [4.69, 9.17) is 4.74 Å². The molecule has 2 aromatic rings. The number of nitrogens with zero attached hydrogens (tertiary/aromatic N) is 3.